The summed E-state index contributed by atoms with van der Waals surface area (Å²) < 4.78 is 29.2. The van der Waals surface area contributed by atoms with Crippen LogP contribution in [-0.4, -0.2) is 21.9 Å². The average molecular weight is 398 g/mol. The molecule has 8 heteroatoms. The first kappa shape index (κ1) is 18.2. The second kappa shape index (κ2) is 7.85. The maximum Gasteiger partial charge on any atom is 0.316 e. The van der Waals surface area contributed by atoms with E-state index in [0.29, 0.717) is 27.8 Å². The van der Waals surface area contributed by atoms with E-state index < -0.39 is 5.97 Å². The molecule has 0 unspecified atom stereocenters. The van der Waals surface area contributed by atoms with Crippen molar-refractivity contribution in [2.45, 2.75) is 18.8 Å². The summed E-state index contributed by atoms with van der Waals surface area (Å²) in [5, 5.41) is 4.36. The molecule has 0 N–H and O–H groups in total. The molecule has 0 saturated carbocycles. The van der Waals surface area contributed by atoms with Gasteiger partial charge in [0.15, 0.2) is 11.3 Å². The molecule has 0 amide bonds. The quantitative estimate of drug-likeness (QED) is 0.342. The predicted octanol–water partition coefficient (Wildman–Crippen LogP) is 4.77. The fraction of sp³-hybridized carbons (Fsp3) is 0.150. The molecule has 142 valence electrons. The van der Waals surface area contributed by atoms with E-state index in [1.165, 1.54) is 23.9 Å². The summed E-state index contributed by atoms with van der Waals surface area (Å²) in [6, 6.07) is 13.3. The molecule has 0 fully saturated rings. The van der Waals surface area contributed by atoms with Crippen molar-refractivity contribution >= 4 is 28.8 Å². The summed E-state index contributed by atoms with van der Waals surface area (Å²) in [4.78, 5) is 16.3. The van der Waals surface area contributed by atoms with Crippen molar-refractivity contribution in [3.8, 4) is 11.3 Å². The highest BCUT2D eigenvalue weighted by Crippen LogP contribution is 2.27. The third-order valence-electron chi connectivity index (χ3n) is 4.08. The highest BCUT2D eigenvalue weighted by Gasteiger charge is 2.16. The van der Waals surface area contributed by atoms with Crippen LogP contribution in [0.2, 0.25) is 0 Å². The van der Waals surface area contributed by atoms with Gasteiger partial charge in [-0.15, -0.1) is 0 Å². The molecular formula is C20H15FN2O4S. The third kappa shape index (κ3) is 3.91. The van der Waals surface area contributed by atoms with Crippen molar-refractivity contribution in [3.05, 3.63) is 65.6 Å². The number of esters is 1. The van der Waals surface area contributed by atoms with Gasteiger partial charge in [-0.2, -0.15) is 0 Å². The Hall–Kier alpha value is -3.13. The maximum atomic E-state index is 13.1. The van der Waals surface area contributed by atoms with Gasteiger partial charge in [-0.1, -0.05) is 29.1 Å². The number of aromatic nitrogens is 2. The Bertz CT molecular complexity index is 1090. The average Bonchev–Trinajstić information content (AvgIpc) is 3.28. The smallest absolute Gasteiger partial charge is 0.316 e. The first-order chi connectivity index (χ1) is 13.6. The minimum atomic E-state index is -0.419. The number of hydrogen-bond donors (Lipinski definition) is 0. The van der Waals surface area contributed by atoms with Gasteiger partial charge in [-0.05, 0) is 43.3 Å². The number of thioether (sulfide) groups is 1. The fourth-order valence-electron chi connectivity index (χ4n) is 2.60. The van der Waals surface area contributed by atoms with Crippen molar-refractivity contribution in [2.24, 2.45) is 0 Å². The van der Waals surface area contributed by atoms with E-state index in [0.717, 1.165) is 11.1 Å². The molecule has 0 aliphatic heterocycles. The number of benzene rings is 2. The minimum absolute atomic E-state index is 0.0104. The third-order valence-corrected chi connectivity index (χ3v) is 4.89. The van der Waals surface area contributed by atoms with Crippen molar-refractivity contribution in [3.63, 3.8) is 0 Å². The number of oxazole rings is 1. The first-order valence-corrected chi connectivity index (χ1v) is 9.44. The zero-order valence-electron chi connectivity index (χ0n) is 14.8. The van der Waals surface area contributed by atoms with Crippen molar-refractivity contribution in [2.75, 3.05) is 5.75 Å². The monoisotopic (exact) mass is 398 g/mol. The fourth-order valence-corrected chi connectivity index (χ4v) is 3.23. The van der Waals surface area contributed by atoms with Gasteiger partial charge >= 0.3 is 5.97 Å². The number of hydrogen-bond acceptors (Lipinski definition) is 7. The number of carbonyl (C=O) groups excluding carboxylic acids is 1. The van der Waals surface area contributed by atoms with Crippen LogP contribution in [0.5, 0.6) is 0 Å². The molecule has 0 aliphatic carbocycles. The number of para-hydroxylation sites is 2. The summed E-state index contributed by atoms with van der Waals surface area (Å²) in [7, 11) is 0. The summed E-state index contributed by atoms with van der Waals surface area (Å²) >= 11 is 1.17. The lowest BCUT2D eigenvalue weighted by Crippen LogP contribution is -2.08. The van der Waals surface area contributed by atoms with Crippen molar-refractivity contribution in [1.82, 2.24) is 10.1 Å². The molecule has 2 aromatic carbocycles. The van der Waals surface area contributed by atoms with E-state index in [1.54, 1.807) is 12.1 Å². The molecule has 2 aromatic heterocycles. The van der Waals surface area contributed by atoms with Crippen LogP contribution >= 0.6 is 11.8 Å². The van der Waals surface area contributed by atoms with Crippen LogP contribution in [0.1, 0.15) is 11.3 Å². The maximum absolute atomic E-state index is 13.1. The van der Waals surface area contributed by atoms with Crippen LogP contribution in [0, 0.1) is 12.7 Å². The lowest BCUT2D eigenvalue weighted by molar-refractivity contribution is -0.141. The predicted molar refractivity (Wildman–Crippen MR) is 101 cm³/mol. The van der Waals surface area contributed by atoms with E-state index >= 15 is 0 Å². The zero-order valence-corrected chi connectivity index (χ0v) is 15.7. The molecule has 0 bridgehead atoms. The highest BCUT2D eigenvalue weighted by atomic mass is 32.2. The number of halogens is 1. The van der Waals surface area contributed by atoms with Crippen LogP contribution in [0.3, 0.4) is 0 Å². The Morgan fingerprint density at radius 1 is 1.18 bits per heavy atom. The van der Waals surface area contributed by atoms with E-state index in [4.69, 9.17) is 13.7 Å². The Balaban J connectivity index is 1.34. The lowest BCUT2D eigenvalue weighted by atomic mass is 10.1. The van der Waals surface area contributed by atoms with E-state index in [2.05, 4.69) is 10.1 Å². The van der Waals surface area contributed by atoms with Gasteiger partial charge in [0.25, 0.3) is 5.22 Å². The van der Waals surface area contributed by atoms with Crippen molar-refractivity contribution < 1.29 is 22.9 Å². The van der Waals surface area contributed by atoms with E-state index in [1.807, 2.05) is 31.2 Å². The Kier molecular flexibility index (Phi) is 5.12. The Morgan fingerprint density at radius 3 is 2.75 bits per heavy atom. The van der Waals surface area contributed by atoms with Gasteiger partial charge in [-0.3, -0.25) is 4.79 Å². The molecular weight excluding hydrogens is 383 g/mol. The summed E-state index contributed by atoms with van der Waals surface area (Å²) in [6.07, 6.45) is 0. The van der Waals surface area contributed by atoms with Gasteiger partial charge in [0.2, 0.25) is 0 Å². The molecule has 4 rings (SSSR count). The second-order valence-electron chi connectivity index (χ2n) is 5.99. The van der Waals surface area contributed by atoms with Crippen molar-refractivity contribution in [1.29, 1.82) is 0 Å². The number of fused-ring (bicyclic) bond motifs is 1. The van der Waals surface area contributed by atoms with Crippen LogP contribution in [0.25, 0.3) is 22.4 Å². The lowest BCUT2D eigenvalue weighted by Gasteiger charge is -2.02. The zero-order chi connectivity index (χ0) is 19.5. The van der Waals surface area contributed by atoms with Gasteiger partial charge in [0, 0.05) is 11.1 Å². The molecule has 6 nitrogen and oxygen atoms in total. The number of ether oxygens (including phenoxy) is 1. The van der Waals surface area contributed by atoms with E-state index in [9.17, 15) is 9.18 Å². The molecule has 0 spiro atoms. The van der Waals surface area contributed by atoms with Crippen LogP contribution in [-0.2, 0) is 16.1 Å². The number of nitrogens with zero attached hydrogens (tertiary/aromatic N) is 2. The second-order valence-corrected chi connectivity index (χ2v) is 6.91. The molecule has 0 aliphatic rings. The first-order valence-electron chi connectivity index (χ1n) is 8.45. The van der Waals surface area contributed by atoms with Crippen LogP contribution in [0.15, 0.2) is 62.7 Å². The van der Waals surface area contributed by atoms with Crippen LogP contribution < -0.4 is 0 Å². The number of rotatable bonds is 6. The summed E-state index contributed by atoms with van der Waals surface area (Å²) in [5.74, 6) is -0.162. The molecule has 2 heterocycles. The number of carbonyl (C=O) groups is 1. The van der Waals surface area contributed by atoms with Gasteiger partial charge in [-0.25, -0.2) is 9.37 Å². The Morgan fingerprint density at radius 2 is 1.96 bits per heavy atom. The van der Waals surface area contributed by atoms with Gasteiger partial charge < -0.3 is 13.7 Å². The van der Waals surface area contributed by atoms with Gasteiger partial charge in [0.05, 0.1) is 0 Å². The van der Waals surface area contributed by atoms with Crippen LogP contribution in [0.4, 0.5) is 4.39 Å². The molecule has 28 heavy (non-hydrogen) atoms. The molecule has 0 saturated heterocycles. The highest BCUT2D eigenvalue weighted by molar-refractivity contribution is 7.99. The standard InChI is InChI=1S/C20H15FN2O4S/c1-12-16(23-27-19(12)13-6-8-14(21)9-7-13)10-25-18(24)11-28-20-22-15-4-2-3-5-17(15)26-20/h2-9H,10-11H2,1H3. The SMILES string of the molecule is Cc1c(COC(=O)CSc2nc3ccccc3o2)noc1-c1ccc(F)cc1. The molecule has 0 radical (unpaired) electrons. The van der Waals surface area contributed by atoms with E-state index in [-0.39, 0.29) is 18.2 Å². The molecule has 4 aromatic rings. The van der Waals surface area contributed by atoms with Gasteiger partial charge in [0.1, 0.15) is 29.4 Å². The summed E-state index contributed by atoms with van der Waals surface area (Å²) in [5.41, 5.74) is 3.37. The normalized spacial score (nSPS) is 11.1. The summed E-state index contributed by atoms with van der Waals surface area (Å²) in [6.45, 7) is 1.80. The largest absolute Gasteiger partial charge is 0.458 e. The minimum Gasteiger partial charge on any atom is -0.458 e. The molecule has 0 atom stereocenters. The topological polar surface area (TPSA) is 78.4 Å². The Labute approximate surface area is 163 Å².